The van der Waals surface area contributed by atoms with Crippen molar-refractivity contribution in [2.45, 2.75) is 52.4 Å². The molecule has 0 fully saturated rings. The van der Waals surface area contributed by atoms with Crippen LogP contribution in [0.15, 0.2) is 12.1 Å². The molecule has 0 bridgehead atoms. The third kappa shape index (κ3) is 3.44. The molecule has 1 aliphatic heterocycles. The van der Waals surface area contributed by atoms with E-state index in [0.717, 1.165) is 29.0 Å². The number of aliphatic hydroxyl groups is 1. The average Bonchev–Trinajstić information content (AvgIpc) is 2.74. The van der Waals surface area contributed by atoms with Gasteiger partial charge < -0.3 is 19.3 Å². The van der Waals surface area contributed by atoms with Crippen molar-refractivity contribution in [3.8, 4) is 11.5 Å². The first-order valence-electron chi connectivity index (χ1n) is 7.27. The van der Waals surface area contributed by atoms with Gasteiger partial charge in [-0.25, -0.2) is 0 Å². The lowest BCUT2D eigenvalue weighted by Crippen LogP contribution is -2.13. The third-order valence-corrected chi connectivity index (χ3v) is 3.27. The van der Waals surface area contributed by atoms with E-state index in [-0.39, 0.29) is 18.8 Å². The van der Waals surface area contributed by atoms with E-state index in [9.17, 15) is 5.11 Å². The van der Waals surface area contributed by atoms with E-state index in [2.05, 4.69) is 0 Å². The largest absolute Gasteiger partial charge is 0.493 e. The van der Waals surface area contributed by atoms with Crippen molar-refractivity contribution in [1.29, 1.82) is 0 Å². The number of ether oxygens (including phenoxy) is 3. The van der Waals surface area contributed by atoms with Crippen molar-refractivity contribution >= 4 is 0 Å². The number of rotatable bonds is 6. The van der Waals surface area contributed by atoms with Crippen molar-refractivity contribution < 1.29 is 19.3 Å². The molecule has 0 radical (unpaired) electrons. The quantitative estimate of drug-likeness (QED) is 0.870. The summed E-state index contributed by atoms with van der Waals surface area (Å²) in [4.78, 5) is 0. The van der Waals surface area contributed by atoms with Gasteiger partial charge in [0.2, 0.25) is 0 Å². The lowest BCUT2D eigenvalue weighted by atomic mass is 10.0. The first-order valence-corrected chi connectivity index (χ1v) is 7.27. The van der Waals surface area contributed by atoms with Crippen LogP contribution < -0.4 is 9.47 Å². The van der Waals surface area contributed by atoms with Crippen LogP contribution in [0.3, 0.4) is 0 Å². The summed E-state index contributed by atoms with van der Waals surface area (Å²) in [7, 11) is 0. The Morgan fingerprint density at radius 2 is 2.15 bits per heavy atom. The zero-order chi connectivity index (χ0) is 14.7. The number of hydrogen-bond acceptors (Lipinski definition) is 4. The molecule has 0 aromatic heterocycles. The van der Waals surface area contributed by atoms with Gasteiger partial charge in [-0.15, -0.1) is 0 Å². The monoisotopic (exact) mass is 280 g/mol. The van der Waals surface area contributed by atoms with Gasteiger partial charge in [0, 0.05) is 17.5 Å². The predicted molar refractivity (Wildman–Crippen MR) is 77.5 cm³/mol. The Morgan fingerprint density at radius 3 is 2.80 bits per heavy atom. The topological polar surface area (TPSA) is 47.9 Å². The molecule has 0 aliphatic carbocycles. The first-order chi connectivity index (χ1) is 9.51. The standard InChI is InChI=1S/C16H24O4/c1-5-18-16-7-12-6-11(4)20-15(12)8-13(16)14(17)9-19-10(2)3/h7-8,10-11,14,17H,5-6,9H2,1-4H3. The van der Waals surface area contributed by atoms with Gasteiger partial charge in [-0.2, -0.15) is 0 Å². The Bertz CT molecular complexity index is 456. The fraction of sp³-hybridized carbons (Fsp3) is 0.625. The van der Waals surface area contributed by atoms with Gasteiger partial charge in [0.1, 0.15) is 23.7 Å². The summed E-state index contributed by atoms with van der Waals surface area (Å²) < 4.78 is 16.9. The van der Waals surface area contributed by atoms with Crippen LogP contribution in [-0.4, -0.2) is 30.5 Å². The molecule has 4 heteroatoms. The van der Waals surface area contributed by atoms with E-state index in [1.54, 1.807) is 0 Å². The van der Waals surface area contributed by atoms with Crippen LogP contribution in [0.25, 0.3) is 0 Å². The van der Waals surface area contributed by atoms with E-state index in [0.29, 0.717) is 6.61 Å². The molecular formula is C16H24O4. The molecule has 1 aromatic rings. The Hall–Kier alpha value is -1.26. The third-order valence-electron chi connectivity index (χ3n) is 3.27. The van der Waals surface area contributed by atoms with Crippen molar-refractivity contribution in [3.63, 3.8) is 0 Å². The fourth-order valence-corrected chi connectivity index (χ4v) is 2.37. The maximum atomic E-state index is 10.3. The molecule has 1 aromatic carbocycles. The Kier molecular flexibility index (Phi) is 4.89. The van der Waals surface area contributed by atoms with E-state index < -0.39 is 6.10 Å². The summed E-state index contributed by atoms with van der Waals surface area (Å²) in [6.45, 7) is 8.70. The Morgan fingerprint density at radius 1 is 1.40 bits per heavy atom. The van der Waals surface area contributed by atoms with Gasteiger partial charge in [0.25, 0.3) is 0 Å². The lowest BCUT2D eigenvalue weighted by Gasteiger charge is -2.18. The predicted octanol–water partition coefficient (Wildman–Crippen LogP) is 2.87. The fourth-order valence-electron chi connectivity index (χ4n) is 2.37. The highest BCUT2D eigenvalue weighted by Crippen LogP contribution is 2.37. The second-order valence-corrected chi connectivity index (χ2v) is 5.46. The highest BCUT2D eigenvalue weighted by atomic mass is 16.5. The molecular weight excluding hydrogens is 256 g/mol. The summed E-state index contributed by atoms with van der Waals surface area (Å²) in [5.74, 6) is 1.57. The van der Waals surface area contributed by atoms with Gasteiger partial charge >= 0.3 is 0 Å². The second-order valence-electron chi connectivity index (χ2n) is 5.46. The average molecular weight is 280 g/mol. The summed E-state index contributed by atoms with van der Waals surface area (Å²) in [6.07, 6.45) is 0.447. The zero-order valence-electron chi connectivity index (χ0n) is 12.7. The van der Waals surface area contributed by atoms with Gasteiger partial charge in [0.05, 0.1) is 19.3 Å². The van der Waals surface area contributed by atoms with Crippen LogP contribution in [0.1, 0.15) is 44.9 Å². The minimum Gasteiger partial charge on any atom is -0.493 e. The molecule has 2 rings (SSSR count). The normalized spacial score (nSPS) is 18.8. The molecule has 4 nitrogen and oxygen atoms in total. The van der Waals surface area contributed by atoms with E-state index in [1.807, 2.05) is 39.8 Å². The lowest BCUT2D eigenvalue weighted by molar-refractivity contribution is 0.00384. The molecule has 1 N–H and O–H groups in total. The number of benzene rings is 1. The maximum Gasteiger partial charge on any atom is 0.125 e. The van der Waals surface area contributed by atoms with Crippen LogP contribution in [0.5, 0.6) is 11.5 Å². The maximum absolute atomic E-state index is 10.3. The van der Waals surface area contributed by atoms with Crippen molar-refractivity contribution in [2.75, 3.05) is 13.2 Å². The molecule has 0 saturated carbocycles. The van der Waals surface area contributed by atoms with Gasteiger partial charge in [0.15, 0.2) is 0 Å². The SMILES string of the molecule is CCOc1cc2c(cc1C(O)COC(C)C)OC(C)C2. The zero-order valence-corrected chi connectivity index (χ0v) is 12.7. The molecule has 2 unspecified atom stereocenters. The smallest absolute Gasteiger partial charge is 0.125 e. The molecule has 20 heavy (non-hydrogen) atoms. The summed E-state index contributed by atoms with van der Waals surface area (Å²) in [5, 5.41) is 10.3. The van der Waals surface area contributed by atoms with Gasteiger partial charge in [-0.1, -0.05) is 0 Å². The van der Waals surface area contributed by atoms with Crippen molar-refractivity contribution in [3.05, 3.63) is 23.3 Å². The van der Waals surface area contributed by atoms with E-state index in [1.165, 1.54) is 0 Å². The molecule has 0 amide bonds. The minimum atomic E-state index is -0.705. The molecule has 1 heterocycles. The molecule has 1 aliphatic rings. The van der Waals surface area contributed by atoms with Crippen molar-refractivity contribution in [1.82, 2.24) is 0 Å². The van der Waals surface area contributed by atoms with Crippen LogP contribution in [0, 0.1) is 0 Å². The van der Waals surface area contributed by atoms with Crippen LogP contribution in [0.2, 0.25) is 0 Å². The van der Waals surface area contributed by atoms with E-state index in [4.69, 9.17) is 14.2 Å². The first kappa shape index (κ1) is 15.1. The van der Waals surface area contributed by atoms with Crippen LogP contribution in [-0.2, 0) is 11.2 Å². The molecule has 0 saturated heterocycles. The molecule has 0 spiro atoms. The van der Waals surface area contributed by atoms with Crippen LogP contribution in [0.4, 0.5) is 0 Å². The molecule has 2 atom stereocenters. The number of fused-ring (bicyclic) bond motifs is 1. The number of hydrogen-bond donors (Lipinski definition) is 1. The van der Waals surface area contributed by atoms with Gasteiger partial charge in [-0.05, 0) is 39.8 Å². The van der Waals surface area contributed by atoms with Gasteiger partial charge in [-0.3, -0.25) is 0 Å². The summed E-state index contributed by atoms with van der Waals surface area (Å²) in [5.41, 5.74) is 1.88. The summed E-state index contributed by atoms with van der Waals surface area (Å²) in [6, 6.07) is 3.87. The summed E-state index contributed by atoms with van der Waals surface area (Å²) >= 11 is 0. The highest BCUT2D eigenvalue weighted by molar-refractivity contribution is 5.49. The number of aliphatic hydroxyl groups excluding tert-OH is 1. The van der Waals surface area contributed by atoms with E-state index >= 15 is 0 Å². The Balaban J connectivity index is 2.23. The Labute approximate surface area is 120 Å². The van der Waals surface area contributed by atoms with Crippen LogP contribution >= 0.6 is 0 Å². The van der Waals surface area contributed by atoms with Crippen molar-refractivity contribution in [2.24, 2.45) is 0 Å². The molecule has 112 valence electrons. The highest BCUT2D eigenvalue weighted by Gasteiger charge is 2.24. The second kappa shape index (κ2) is 6.46. The minimum absolute atomic E-state index is 0.0888.